The lowest BCUT2D eigenvalue weighted by atomic mass is 10.1. The van der Waals surface area contributed by atoms with Crippen molar-refractivity contribution in [3.63, 3.8) is 0 Å². The van der Waals surface area contributed by atoms with Crippen molar-refractivity contribution in [2.75, 3.05) is 33.6 Å². The normalized spacial score (nSPS) is 13.7. The molecule has 1 aromatic heterocycles. The van der Waals surface area contributed by atoms with Crippen LogP contribution >= 0.6 is 0 Å². The van der Waals surface area contributed by atoms with E-state index in [-0.39, 0.29) is 11.2 Å². The number of fused-ring (bicyclic) bond motifs is 3. The van der Waals surface area contributed by atoms with Crippen LogP contribution in [0.5, 0.6) is 23.0 Å². The van der Waals surface area contributed by atoms with Gasteiger partial charge in [0.25, 0.3) is 0 Å². The summed E-state index contributed by atoms with van der Waals surface area (Å²) in [6, 6.07) is 10.7. The Kier molecular flexibility index (Phi) is 5.69. The van der Waals surface area contributed by atoms with Crippen LogP contribution in [0.1, 0.15) is 12.5 Å². The van der Waals surface area contributed by atoms with Gasteiger partial charge in [0.05, 0.1) is 24.2 Å². The van der Waals surface area contributed by atoms with Crippen LogP contribution in [0.2, 0.25) is 0 Å². The van der Waals surface area contributed by atoms with Crippen molar-refractivity contribution in [3.05, 3.63) is 58.4 Å². The Hall–Kier alpha value is -3.03. The molecule has 0 bridgehead atoms. The molecule has 0 spiro atoms. The summed E-state index contributed by atoms with van der Waals surface area (Å²) >= 11 is 0. The van der Waals surface area contributed by atoms with Crippen molar-refractivity contribution >= 4 is 11.0 Å². The lowest BCUT2D eigenvalue weighted by molar-refractivity contribution is 0.0658. The summed E-state index contributed by atoms with van der Waals surface area (Å²) in [6.07, 6.45) is 1.35. The molecule has 0 atom stereocenters. The first-order chi connectivity index (χ1) is 14.2. The van der Waals surface area contributed by atoms with Crippen LogP contribution in [-0.4, -0.2) is 38.5 Å². The Labute approximate surface area is 168 Å². The highest BCUT2D eigenvalue weighted by atomic mass is 16.5. The van der Waals surface area contributed by atoms with Gasteiger partial charge in [0, 0.05) is 20.2 Å². The van der Waals surface area contributed by atoms with Crippen molar-refractivity contribution in [3.8, 4) is 23.0 Å². The number of methoxy groups -OCH3 is 1. The molecule has 0 fully saturated rings. The van der Waals surface area contributed by atoms with Gasteiger partial charge in [-0.3, -0.25) is 9.69 Å². The van der Waals surface area contributed by atoms with Gasteiger partial charge in [-0.15, -0.1) is 0 Å². The van der Waals surface area contributed by atoms with Gasteiger partial charge in [-0.2, -0.15) is 0 Å². The van der Waals surface area contributed by atoms with E-state index in [1.165, 1.54) is 6.26 Å². The Morgan fingerprint density at radius 1 is 1.10 bits per heavy atom. The molecule has 152 valence electrons. The zero-order chi connectivity index (χ0) is 20.2. The average Bonchev–Trinajstić information content (AvgIpc) is 2.75. The first-order valence-electron chi connectivity index (χ1n) is 9.52. The maximum Gasteiger partial charge on any atom is 0.235 e. The van der Waals surface area contributed by atoms with Gasteiger partial charge >= 0.3 is 0 Å². The van der Waals surface area contributed by atoms with Gasteiger partial charge in [0.15, 0.2) is 11.5 Å². The molecule has 1 aliphatic rings. The first-order valence-corrected chi connectivity index (χ1v) is 9.52. The minimum atomic E-state index is -0.241. The van der Waals surface area contributed by atoms with E-state index in [0.717, 1.165) is 17.9 Å². The number of hydrogen-bond acceptors (Lipinski definition) is 7. The fraction of sp³-hybridized carbons (Fsp3) is 0.318. The molecular weight excluding hydrogens is 374 g/mol. The minimum absolute atomic E-state index is 0.109. The standard InChI is InChI=1S/C22H23NO6/c1-3-26-18-6-4-5-7-19(18)29-20-13-27-22-15(21(20)24)8-9-17-16(22)12-23(14-28-17)10-11-25-2/h4-9,13H,3,10-12,14H2,1-2H3. The van der Waals surface area contributed by atoms with Crippen LogP contribution < -0.4 is 19.6 Å². The van der Waals surface area contributed by atoms with E-state index in [9.17, 15) is 4.79 Å². The molecule has 7 nitrogen and oxygen atoms in total. The highest BCUT2D eigenvalue weighted by molar-refractivity contribution is 5.83. The van der Waals surface area contributed by atoms with E-state index in [1.54, 1.807) is 31.4 Å². The Morgan fingerprint density at radius 2 is 1.93 bits per heavy atom. The fourth-order valence-electron chi connectivity index (χ4n) is 3.30. The van der Waals surface area contributed by atoms with Crippen molar-refractivity contribution < 1.29 is 23.4 Å². The molecule has 4 rings (SSSR count). The van der Waals surface area contributed by atoms with Crippen LogP contribution in [0, 0.1) is 0 Å². The van der Waals surface area contributed by atoms with Crippen LogP contribution in [0.4, 0.5) is 0 Å². The molecule has 7 heteroatoms. The quantitative estimate of drug-likeness (QED) is 0.601. The highest BCUT2D eigenvalue weighted by Crippen LogP contribution is 2.34. The first kappa shape index (κ1) is 19.3. The smallest absolute Gasteiger partial charge is 0.235 e. The summed E-state index contributed by atoms with van der Waals surface area (Å²) in [5.74, 6) is 1.87. The maximum atomic E-state index is 13.0. The number of rotatable bonds is 7. The number of benzene rings is 2. The second kappa shape index (κ2) is 8.55. The van der Waals surface area contributed by atoms with E-state index in [0.29, 0.717) is 49.0 Å². The van der Waals surface area contributed by atoms with Crippen LogP contribution in [0.15, 0.2) is 51.9 Å². The fourth-order valence-corrected chi connectivity index (χ4v) is 3.30. The second-order valence-corrected chi connectivity index (χ2v) is 6.65. The zero-order valence-electron chi connectivity index (χ0n) is 16.5. The van der Waals surface area contributed by atoms with Crippen molar-refractivity contribution in [1.82, 2.24) is 4.90 Å². The number of nitrogens with zero attached hydrogens (tertiary/aromatic N) is 1. The molecule has 0 radical (unpaired) electrons. The summed E-state index contributed by atoms with van der Waals surface area (Å²) < 4.78 is 28.2. The van der Waals surface area contributed by atoms with E-state index in [4.69, 9.17) is 23.4 Å². The van der Waals surface area contributed by atoms with Gasteiger partial charge in [-0.25, -0.2) is 0 Å². The lowest BCUT2D eigenvalue weighted by Crippen LogP contribution is -2.34. The van der Waals surface area contributed by atoms with E-state index < -0.39 is 0 Å². The van der Waals surface area contributed by atoms with Crippen molar-refractivity contribution in [2.45, 2.75) is 13.5 Å². The molecule has 2 aromatic carbocycles. The highest BCUT2D eigenvalue weighted by Gasteiger charge is 2.23. The Bertz CT molecular complexity index is 1060. The Balaban J connectivity index is 1.68. The molecule has 2 heterocycles. The number of ether oxygens (including phenoxy) is 4. The summed E-state index contributed by atoms with van der Waals surface area (Å²) in [4.78, 5) is 15.1. The van der Waals surface area contributed by atoms with Gasteiger partial charge in [-0.1, -0.05) is 12.1 Å². The van der Waals surface area contributed by atoms with Crippen LogP contribution in [0.3, 0.4) is 0 Å². The molecular formula is C22H23NO6. The third kappa shape index (κ3) is 3.92. The molecule has 0 amide bonds. The Morgan fingerprint density at radius 3 is 2.72 bits per heavy atom. The van der Waals surface area contributed by atoms with E-state index >= 15 is 0 Å². The predicted molar refractivity (Wildman–Crippen MR) is 108 cm³/mol. The summed E-state index contributed by atoms with van der Waals surface area (Å²) in [7, 11) is 1.67. The molecule has 0 N–H and O–H groups in total. The van der Waals surface area contributed by atoms with Crippen molar-refractivity contribution in [1.29, 1.82) is 0 Å². The average molecular weight is 397 g/mol. The van der Waals surface area contributed by atoms with E-state index in [1.807, 2.05) is 19.1 Å². The molecule has 29 heavy (non-hydrogen) atoms. The third-order valence-electron chi connectivity index (χ3n) is 4.73. The summed E-state index contributed by atoms with van der Waals surface area (Å²) in [5, 5.41) is 0.451. The van der Waals surface area contributed by atoms with Gasteiger partial charge in [0.1, 0.15) is 24.3 Å². The van der Waals surface area contributed by atoms with Crippen LogP contribution in [0.25, 0.3) is 11.0 Å². The van der Waals surface area contributed by atoms with Crippen LogP contribution in [-0.2, 0) is 11.3 Å². The lowest BCUT2D eigenvalue weighted by Gasteiger charge is -2.28. The van der Waals surface area contributed by atoms with Crippen molar-refractivity contribution in [2.24, 2.45) is 0 Å². The molecule has 3 aromatic rings. The van der Waals surface area contributed by atoms with Gasteiger partial charge < -0.3 is 23.4 Å². The molecule has 0 unspecified atom stereocenters. The summed E-state index contributed by atoms with van der Waals surface area (Å²) in [5.41, 5.74) is 1.12. The minimum Gasteiger partial charge on any atom is -0.490 e. The maximum absolute atomic E-state index is 13.0. The topological polar surface area (TPSA) is 70.4 Å². The SMILES string of the molecule is CCOc1ccccc1Oc1coc2c3c(ccc2c1=O)OCN(CCOC)C3. The zero-order valence-corrected chi connectivity index (χ0v) is 16.5. The molecule has 1 aliphatic heterocycles. The third-order valence-corrected chi connectivity index (χ3v) is 4.73. The number of hydrogen-bond donors (Lipinski definition) is 0. The van der Waals surface area contributed by atoms with Gasteiger partial charge in [0.2, 0.25) is 11.2 Å². The summed E-state index contributed by atoms with van der Waals surface area (Å²) in [6.45, 7) is 4.81. The largest absolute Gasteiger partial charge is 0.490 e. The second-order valence-electron chi connectivity index (χ2n) is 6.65. The van der Waals surface area contributed by atoms with E-state index in [2.05, 4.69) is 4.90 Å². The number of para-hydroxylation sites is 2. The predicted octanol–water partition coefficient (Wildman–Crippen LogP) is 3.78. The molecule has 0 aliphatic carbocycles. The monoisotopic (exact) mass is 397 g/mol. The van der Waals surface area contributed by atoms with Gasteiger partial charge in [-0.05, 0) is 31.2 Å². The molecule has 0 saturated heterocycles. The molecule has 0 saturated carbocycles.